The lowest BCUT2D eigenvalue weighted by Gasteiger charge is -2.23. The summed E-state index contributed by atoms with van der Waals surface area (Å²) < 4.78 is 1.21. The van der Waals surface area contributed by atoms with Crippen LogP contribution in [0, 0.1) is 5.41 Å². The number of nitrogens with zero attached hydrogens (tertiary/aromatic N) is 1. The average Bonchev–Trinajstić information content (AvgIpc) is 2.66. The Hall–Kier alpha value is -1.13. The minimum Gasteiger partial charge on any atom is -0.360 e. The van der Waals surface area contributed by atoms with Crippen LogP contribution in [-0.4, -0.2) is 17.6 Å². The Bertz CT molecular complexity index is 480. The van der Waals surface area contributed by atoms with Gasteiger partial charge in [0.1, 0.15) is 0 Å². The van der Waals surface area contributed by atoms with Gasteiger partial charge in [-0.15, -0.1) is 0 Å². The zero-order chi connectivity index (χ0) is 13.2. The second kappa shape index (κ2) is 5.24. The summed E-state index contributed by atoms with van der Waals surface area (Å²) >= 11 is 1.68. The highest BCUT2D eigenvalue weighted by molar-refractivity contribution is 7.22. The lowest BCUT2D eigenvalue weighted by molar-refractivity contribution is 0.345. The Morgan fingerprint density at radius 2 is 2.06 bits per heavy atom. The van der Waals surface area contributed by atoms with Crippen LogP contribution in [-0.2, 0) is 0 Å². The van der Waals surface area contributed by atoms with Gasteiger partial charge in [0.2, 0.25) is 0 Å². The first-order valence-electron chi connectivity index (χ1n) is 6.29. The molecule has 2 rings (SSSR count). The molecule has 0 amide bonds. The quantitative estimate of drug-likeness (QED) is 0.888. The molecule has 1 aromatic carbocycles. The smallest absolute Gasteiger partial charge is 0.183 e. The van der Waals surface area contributed by atoms with Crippen LogP contribution < -0.4 is 11.1 Å². The molecule has 0 aliphatic carbocycles. The van der Waals surface area contributed by atoms with Crippen molar-refractivity contribution in [3.8, 4) is 0 Å². The Kier molecular flexibility index (Phi) is 3.88. The third-order valence-electron chi connectivity index (χ3n) is 2.68. The zero-order valence-corrected chi connectivity index (χ0v) is 12.1. The predicted molar refractivity (Wildman–Crippen MR) is 80.2 cm³/mol. The van der Waals surface area contributed by atoms with Crippen LogP contribution in [0.4, 0.5) is 5.13 Å². The van der Waals surface area contributed by atoms with E-state index in [0.717, 1.165) is 23.6 Å². The highest BCUT2D eigenvalue weighted by Crippen LogP contribution is 2.25. The second-order valence-electron chi connectivity index (χ2n) is 5.89. The lowest BCUT2D eigenvalue weighted by atomic mass is 9.88. The fourth-order valence-corrected chi connectivity index (χ4v) is 2.90. The monoisotopic (exact) mass is 263 g/mol. The van der Waals surface area contributed by atoms with Gasteiger partial charge in [0.05, 0.1) is 10.2 Å². The normalized spacial score (nSPS) is 13.8. The third kappa shape index (κ3) is 3.68. The Morgan fingerprint density at radius 1 is 1.33 bits per heavy atom. The van der Waals surface area contributed by atoms with Crippen molar-refractivity contribution in [2.75, 3.05) is 11.9 Å². The molecule has 0 aliphatic heterocycles. The molecule has 0 radical (unpaired) electrons. The molecule has 1 unspecified atom stereocenters. The minimum absolute atomic E-state index is 0.164. The largest absolute Gasteiger partial charge is 0.360 e. The van der Waals surface area contributed by atoms with Crippen LogP contribution in [0.1, 0.15) is 27.2 Å². The van der Waals surface area contributed by atoms with Gasteiger partial charge in [-0.2, -0.15) is 0 Å². The number of para-hydroxylation sites is 1. The van der Waals surface area contributed by atoms with Crippen molar-refractivity contribution >= 4 is 26.7 Å². The lowest BCUT2D eigenvalue weighted by Crippen LogP contribution is -2.33. The van der Waals surface area contributed by atoms with Crippen molar-refractivity contribution < 1.29 is 0 Å². The Balaban J connectivity index is 1.94. The fourth-order valence-electron chi connectivity index (χ4n) is 2.02. The van der Waals surface area contributed by atoms with Gasteiger partial charge in [-0.3, -0.25) is 0 Å². The molecule has 0 bridgehead atoms. The van der Waals surface area contributed by atoms with Crippen LogP contribution in [0.2, 0.25) is 0 Å². The summed E-state index contributed by atoms with van der Waals surface area (Å²) in [7, 11) is 0. The van der Waals surface area contributed by atoms with Gasteiger partial charge >= 0.3 is 0 Å². The number of hydrogen-bond donors (Lipinski definition) is 2. The Morgan fingerprint density at radius 3 is 2.72 bits per heavy atom. The SMILES string of the molecule is CC(C)(C)CC(N)CNc1nc2ccccc2s1. The predicted octanol–water partition coefficient (Wildman–Crippen LogP) is 3.47. The number of nitrogens with one attached hydrogen (secondary N) is 1. The first-order valence-corrected chi connectivity index (χ1v) is 7.11. The summed E-state index contributed by atoms with van der Waals surface area (Å²) in [5, 5.41) is 4.30. The van der Waals surface area contributed by atoms with E-state index in [0.29, 0.717) is 0 Å². The number of thiazole rings is 1. The summed E-state index contributed by atoms with van der Waals surface area (Å²) in [6.07, 6.45) is 1.00. The summed E-state index contributed by atoms with van der Waals surface area (Å²) in [5.41, 5.74) is 7.44. The molecule has 3 nitrogen and oxygen atoms in total. The maximum Gasteiger partial charge on any atom is 0.183 e. The first-order chi connectivity index (χ1) is 8.44. The molecule has 1 atom stereocenters. The van der Waals surface area contributed by atoms with Crippen molar-refractivity contribution in [2.45, 2.75) is 33.2 Å². The number of rotatable bonds is 4. The van der Waals surface area contributed by atoms with Crippen molar-refractivity contribution in [1.82, 2.24) is 4.98 Å². The van der Waals surface area contributed by atoms with E-state index in [2.05, 4.69) is 37.1 Å². The van der Waals surface area contributed by atoms with Crippen molar-refractivity contribution in [3.05, 3.63) is 24.3 Å². The molecule has 0 fully saturated rings. The van der Waals surface area contributed by atoms with E-state index in [9.17, 15) is 0 Å². The van der Waals surface area contributed by atoms with E-state index in [1.165, 1.54) is 4.70 Å². The Labute approximate surface area is 112 Å². The highest BCUT2D eigenvalue weighted by Gasteiger charge is 2.15. The summed E-state index contributed by atoms with van der Waals surface area (Å²) in [5.74, 6) is 0. The molecule has 2 aromatic rings. The number of fused-ring (bicyclic) bond motifs is 1. The molecule has 1 heterocycles. The maximum absolute atomic E-state index is 6.12. The van der Waals surface area contributed by atoms with Crippen LogP contribution >= 0.6 is 11.3 Å². The number of aromatic nitrogens is 1. The van der Waals surface area contributed by atoms with Gasteiger partial charge in [-0.1, -0.05) is 44.2 Å². The maximum atomic E-state index is 6.12. The van der Waals surface area contributed by atoms with Crippen LogP contribution in [0.5, 0.6) is 0 Å². The molecular weight excluding hydrogens is 242 g/mol. The summed E-state index contributed by atoms with van der Waals surface area (Å²) in [6.45, 7) is 7.41. The topological polar surface area (TPSA) is 50.9 Å². The van der Waals surface area contributed by atoms with Gasteiger partial charge in [-0.05, 0) is 24.0 Å². The zero-order valence-electron chi connectivity index (χ0n) is 11.2. The van der Waals surface area contributed by atoms with E-state index in [-0.39, 0.29) is 11.5 Å². The van der Waals surface area contributed by atoms with Gasteiger partial charge in [0.15, 0.2) is 5.13 Å². The van der Waals surface area contributed by atoms with Gasteiger partial charge in [-0.25, -0.2) is 4.98 Å². The molecule has 4 heteroatoms. The number of nitrogens with two attached hydrogens (primary N) is 1. The summed E-state index contributed by atoms with van der Waals surface area (Å²) in [4.78, 5) is 4.53. The van der Waals surface area contributed by atoms with Crippen LogP contribution in [0.3, 0.4) is 0 Å². The van der Waals surface area contributed by atoms with E-state index in [1.54, 1.807) is 11.3 Å². The molecule has 0 saturated heterocycles. The van der Waals surface area contributed by atoms with E-state index >= 15 is 0 Å². The molecule has 0 aliphatic rings. The summed E-state index contributed by atoms with van der Waals surface area (Å²) in [6, 6.07) is 8.34. The van der Waals surface area contributed by atoms with Gasteiger partial charge in [0.25, 0.3) is 0 Å². The molecule has 3 N–H and O–H groups in total. The van der Waals surface area contributed by atoms with Crippen molar-refractivity contribution in [3.63, 3.8) is 0 Å². The fraction of sp³-hybridized carbons (Fsp3) is 0.500. The minimum atomic E-state index is 0.164. The average molecular weight is 263 g/mol. The van der Waals surface area contributed by atoms with E-state index < -0.39 is 0 Å². The number of hydrogen-bond acceptors (Lipinski definition) is 4. The molecule has 0 saturated carbocycles. The standard InChI is InChI=1S/C14H21N3S/c1-14(2,3)8-10(15)9-16-13-17-11-6-4-5-7-12(11)18-13/h4-7,10H,8-9,15H2,1-3H3,(H,16,17). The van der Waals surface area contributed by atoms with Crippen molar-refractivity contribution in [2.24, 2.45) is 11.1 Å². The second-order valence-corrected chi connectivity index (χ2v) is 6.92. The van der Waals surface area contributed by atoms with Gasteiger partial charge in [0, 0.05) is 12.6 Å². The molecule has 1 aromatic heterocycles. The van der Waals surface area contributed by atoms with Crippen molar-refractivity contribution in [1.29, 1.82) is 0 Å². The molecular formula is C14H21N3S. The highest BCUT2D eigenvalue weighted by atomic mass is 32.1. The molecule has 18 heavy (non-hydrogen) atoms. The van der Waals surface area contributed by atoms with E-state index in [4.69, 9.17) is 5.73 Å². The third-order valence-corrected chi connectivity index (χ3v) is 3.68. The number of anilines is 1. The first kappa shape index (κ1) is 13.3. The van der Waals surface area contributed by atoms with Crippen LogP contribution in [0.15, 0.2) is 24.3 Å². The van der Waals surface area contributed by atoms with Crippen LogP contribution in [0.25, 0.3) is 10.2 Å². The molecule has 0 spiro atoms. The van der Waals surface area contributed by atoms with E-state index in [1.807, 2.05) is 18.2 Å². The molecule has 98 valence electrons. The number of benzene rings is 1. The van der Waals surface area contributed by atoms with Gasteiger partial charge < -0.3 is 11.1 Å².